The summed E-state index contributed by atoms with van der Waals surface area (Å²) in [6.45, 7) is 9.01. The van der Waals surface area contributed by atoms with Crippen molar-refractivity contribution in [2.75, 3.05) is 0 Å². The first-order chi connectivity index (χ1) is 9.59. The van der Waals surface area contributed by atoms with E-state index >= 15 is 0 Å². The van der Waals surface area contributed by atoms with Gasteiger partial charge in [0.1, 0.15) is 0 Å². The molecule has 0 N–H and O–H groups in total. The van der Waals surface area contributed by atoms with E-state index in [9.17, 15) is 0 Å². The maximum absolute atomic E-state index is 2.34. The van der Waals surface area contributed by atoms with Gasteiger partial charge < -0.3 is 0 Å². The Labute approximate surface area is 137 Å². The molecule has 4 aromatic carbocycles. The molecule has 100 valence electrons. The molecule has 0 aromatic heterocycles. The minimum atomic E-state index is 0. The van der Waals surface area contributed by atoms with E-state index in [4.69, 9.17) is 0 Å². The molecule has 21 heavy (non-hydrogen) atoms. The first kappa shape index (κ1) is 14.5. The van der Waals surface area contributed by atoms with Crippen LogP contribution in [0.15, 0.2) is 36.4 Å². The van der Waals surface area contributed by atoms with E-state index in [1.165, 1.54) is 54.6 Å². The standard InChI is InChI=1S/C20H18.Li.H/c1-11-10-16-7-5-6-15-8-9-17-13(3)12(2)14(4)18(11)20(17)19(15)16;;/h5-10H,1-4H3;;. The van der Waals surface area contributed by atoms with Gasteiger partial charge in [0.2, 0.25) is 0 Å². The van der Waals surface area contributed by atoms with Crippen LogP contribution in [0.1, 0.15) is 22.3 Å². The predicted octanol–water partition coefficient (Wildman–Crippen LogP) is 5.17. The van der Waals surface area contributed by atoms with Crippen molar-refractivity contribution in [1.82, 2.24) is 0 Å². The Morgan fingerprint density at radius 2 is 1.33 bits per heavy atom. The Balaban J connectivity index is 0.00000132. The molecular weight excluding hydrogens is 247 g/mol. The first-order valence-corrected chi connectivity index (χ1v) is 7.23. The van der Waals surface area contributed by atoms with Crippen LogP contribution in [0.2, 0.25) is 0 Å². The van der Waals surface area contributed by atoms with Crippen molar-refractivity contribution < 1.29 is 0 Å². The fourth-order valence-electron chi connectivity index (χ4n) is 3.76. The third-order valence-electron chi connectivity index (χ3n) is 5.00. The predicted molar refractivity (Wildman–Crippen MR) is 96.2 cm³/mol. The van der Waals surface area contributed by atoms with E-state index in [2.05, 4.69) is 64.1 Å². The molecule has 0 saturated heterocycles. The molecule has 1 heteroatoms. The molecule has 0 aliphatic heterocycles. The van der Waals surface area contributed by atoms with E-state index in [-0.39, 0.29) is 18.9 Å². The van der Waals surface area contributed by atoms with Gasteiger partial charge in [-0.15, -0.1) is 0 Å². The summed E-state index contributed by atoms with van der Waals surface area (Å²) < 4.78 is 0. The van der Waals surface area contributed by atoms with Crippen LogP contribution in [0.25, 0.3) is 32.3 Å². The normalized spacial score (nSPS) is 11.4. The van der Waals surface area contributed by atoms with Crippen molar-refractivity contribution in [2.24, 2.45) is 0 Å². The van der Waals surface area contributed by atoms with E-state index in [0.717, 1.165) is 0 Å². The van der Waals surface area contributed by atoms with Crippen molar-refractivity contribution >= 4 is 51.2 Å². The van der Waals surface area contributed by atoms with E-state index < -0.39 is 0 Å². The molecule has 4 rings (SSSR count). The second-order valence-corrected chi connectivity index (χ2v) is 6.01. The summed E-state index contributed by atoms with van der Waals surface area (Å²) in [7, 11) is 0. The zero-order chi connectivity index (χ0) is 14.0. The summed E-state index contributed by atoms with van der Waals surface area (Å²) >= 11 is 0. The third kappa shape index (κ3) is 1.76. The van der Waals surface area contributed by atoms with E-state index in [0.29, 0.717) is 0 Å². The summed E-state index contributed by atoms with van der Waals surface area (Å²) in [6.07, 6.45) is 0. The van der Waals surface area contributed by atoms with Gasteiger partial charge in [-0.3, -0.25) is 0 Å². The molecular formula is C20H19Li. The van der Waals surface area contributed by atoms with Gasteiger partial charge in [-0.1, -0.05) is 36.4 Å². The summed E-state index contributed by atoms with van der Waals surface area (Å²) in [5.74, 6) is 0. The first-order valence-electron chi connectivity index (χ1n) is 7.23. The molecule has 0 saturated carbocycles. The van der Waals surface area contributed by atoms with Gasteiger partial charge in [0.15, 0.2) is 0 Å². The van der Waals surface area contributed by atoms with E-state index in [1.54, 1.807) is 0 Å². The van der Waals surface area contributed by atoms with Crippen LogP contribution in [0.4, 0.5) is 0 Å². The molecule has 0 aliphatic rings. The molecule has 0 bridgehead atoms. The van der Waals surface area contributed by atoms with Gasteiger partial charge in [-0.05, 0) is 82.3 Å². The van der Waals surface area contributed by atoms with Crippen LogP contribution < -0.4 is 0 Å². The summed E-state index contributed by atoms with van der Waals surface area (Å²) in [4.78, 5) is 0. The molecule has 0 amide bonds. The molecule has 4 aromatic rings. The van der Waals surface area contributed by atoms with Crippen molar-refractivity contribution in [3.05, 3.63) is 58.7 Å². The van der Waals surface area contributed by atoms with Gasteiger partial charge in [-0.2, -0.15) is 0 Å². The SMILES string of the molecule is Cc1c(C)c2ccc3cccc4cc(C)c(c1C)c2c34.[LiH]. The van der Waals surface area contributed by atoms with Crippen molar-refractivity contribution in [2.45, 2.75) is 27.7 Å². The van der Waals surface area contributed by atoms with E-state index in [1.807, 2.05) is 0 Å². The Hall–Kier alpha value is -1.48. The average molecular weight is 266 g/mol. The van der Waals surface area contributed by atoms with Crippen molar-refractivity contribution in [3.8, 4) is 0 Å². The van der Waals surface area contributed by atoms with Gasteiger partial charge in [0.05, 0.1) is 0 Å². The van der Waals surface area contributed by atoms with Crippen molar-refractivity contribution in [1.29, 1.82) is 0 Å². The number of benzene rings is 4. The van der Waals surface area contributed by atoms with Crippen LogP contribution in [-0.2, 0) is 0 Å². The molecule has 0 spiro atoms. The number of hydrogen-bond donors (Lipinski definition) is 0. The monoisotopic (exact) mass is 266 g/mol. The zero-order valence-electron chi connectivity index (χ0n) is 12.5. The van der Waals surface area contributed by atoms with Gasteiger partial charge in [-0.25, -0.2) is 0 Å². The quantitative estimate of drug-likeness (QED) is 0.304. The Morgan fingerprint density at radius 3 is 2.10 bits per heavy atom. The second kappa shape index (κ2) is 4.77. The number of aryl methyl sites for hydroxylation is 3. The van der Waals surface area contributed by atoms with Crippen LogP contribution in [0.5, 0.6) is 0 Å². The average Bonchev–Trinajstić information content (AvgIpc) is 2.44. The minimum absolute atomic E-state index is 0. The van der Waals surface area contributed by atoms with Crippen LogP contribution in [0, 0.1) is 27.7 Å². The number of hydrogen-bond acceptors (Lipinski definition) is 0. The van der Waals surface area contributed by atoms with Crippen LogP contribution in [0.3, 0.4) is 0 Å². The van der Waals surface area contributed by atoms with Gasteiger partial charge in [0, 0.05) is 0 Å². The van der Waals surface area contributed by atoms with Gasteiger partial charge in [0.25, 0.3) is 0 Å². The molecule has 0 atom stereocenters. The maximum atomic E-state index is 2.34. The fraction of sp³-hybridized carbons (Fsp3) is 0.200. The molecule has 0 radical (unpaired) electrons. The topological polar surface area (TPSA) is 0 Å². The molecule has 0 fully saturated rings. The van der Waals surface area contributed by atoms with Crippen LogP contribution in [-0.4, -0.2) is 18.9 Å². The molecule has 0 nitrogen and oxygen atoms in total. The van der Waals surface area contributed by atoms with Gasteiger partial charge >= 0.3 is 18.9 Å². The zero-order valence-corrected chi connectivity index (χ0v) is 12.5. The Kier molecular flexibility index (Phi) is 3.28. The third-order valence-corrected chi connectivity index (χ3v) is 5.00. The Bertz CT molecular complexity index is 980. The molecule has 0 heterocycles. The summed E-state index contributed by atoms with van der Waals surface area (Å²) in [5, 5.41) is 8.46. The van der Waals surface area contributed by atoms with Crippen LogP contribution >= 0.6 is 0 Å². The summed E-state index contributed by atoms with van der Waals surface area (Å²) in [6, 6.07) is 13.5. The Morgan fingerprint density at radius 1 is 0.619 bits per heavy atom. The van der Waals surface area contributed by atoms with Crippen molar-refractivity contribution in [3.63, 3.8) is 0 Å². The number of rotatable bonds is 0. The molecule has 0 aliphatic carbocycles. The fourth-order valence-corrected chi connectivity index (χ4v) is 3.76. The second-order valence-electron chi connectivity index (χ2n) is 6.01. The molecule has 0 unspecified atom stereocenters. The summed E-state index contributed by atoms with van der Waals surface area (Å²) in [5.41, 5.74) is 5.68.